The van der Waals surface area contributed by atoms with Crippen LogP contribution in [0.2, 0.25) is 5.02 Å². The number of nitrogens with zero attached hydrogens (tertiary/aromatic N) is 1. The van der Waals surface area contributed by atoms with E-state index in [1.807, 2.05) is 31.2 Å². The average Bonchev–Trinajstić information content (AvgIpc) is 2.98. The van der Waals surface area contributed by atoms with E-state index in [1.54, 1.807) is 4.90 Å². The number of carbonyl (C=O) groups excluding carboxylic acids is 2. The minimum Gasteiger partial charge on any atom is -0.496 e. The van der Waals surface area contributed by atoms with Crippen LogP contribution in [0.4, 0.5) is 11.4 Å². The Hall–Kier alpha value is -2.44. The molecule has 1 aliphatic rings. The number of nitrogens with one attached hydrogen (secondary N) is 1. The summed E-state index contributed by atoms with van der Waals surface area (Å²) < 4.78 is 5.20. The van der Waals surface area contributed by atoms with Crippen molar-refractivity contribution >= 4 is 47.2 Å². The first kappa shape index (κ1) is 20.9. The van der Waals surface area contributed by atoms with Crippen molar-refractivity contribution in [1.29, 1.82) is 0 Å². The second-order valence-electron chi connectivity index (χ2n) is 6.21. The number of benzene rings is 2. The van der Waals surface area contributed by atoms with Crippen molar-refractivity contribution in [2.45, 2.75) is 19.4 Å². The van der Waals surface area contributed by atoms with Crippen molar-refractivity contribution in [3.63, 3.8) is 0 Å². The maximum atomic E-state index is 12.7. The average molecular weight is 410 g/mol. The zero-order chi connectivity index (χ0) is 18.8. The molecule has 3 N–H and O–H groups in total. The van der Waals surface area contributed by atoms with E-state index in [-0.39, 0.29) is 28.9 Å². The number of hydrogen-bond acceptors (Lipinski definition) is 4. The summed E-state index contributed by atoms with van der Waals surface area (Å²) in [5, 5.41) is 3.03. The van der Waals surface area contributed by atoms with E-state index < -0.39 is 11.9 Å². The van der Waals surface area contributed by atoms with Crippen LogP contribution in [0.15, 0.2) is 36.4 Å². The highest BCUT2D eigenvalue weighted by Crippen LogP contribution is 2.29. The van der Waals surface area contributed by atoms with Crippen LogP contribution in [0, 0.1) is 6.92 Å². The van der Waals surface area contributed by atoms with Gasteiger partial charge >= 0.3 is 0 Å². The van der Waals surface area contributed by atoms with Crippen LogP contribution in [0.25, 0.3) is 0 Å². The molecule has 2 amide bonds. The molecule has 27 heavy (non-hydrogen) atoms. The molecule has 0 aromatic heterocycles. The van der Waals surface area contributed by atoms with Gasteiger partial charge in [-0.15, -0.1) is 12.4 Å². The van der Waals surface area contributed by atoms with Crippen molar-refractivity contribution in [2.75, 3.05) is 24.3 Å². The SMILES string of the molecule is COc1cc(N)c(Cl)cc1C(=O)NC1CCN(c2ccc(C)cc2)C1=O.Cl. The minimum absolute atomic E-state index is 0. The molecule has 0 radical (unpaired) electrons. The fourth-order valence-corrected chi connectivity index (χ4v) is 3.11. The Labute approximate surface area is 169 Å². The van der Waals surface area contributed by atoms with E-state index in [1.165, 1.54) is 19.2 Å². The van der Waals surface area contributed by atoms with Crippen molar-refractivity contribution < 1.29 is 14.3 Å². The number of ether oxygens (including phenoxy) is 1. The molecule has 1 saturated heterocycles. The molecule has 0 spiro atoms. The van der Waals surface area contributed by atoms with Gasteiger partial charge in [0.1, 0.15) is 11.8 Å². The second-order valence-corrected chi connectivity index (χ2v) is 6.62. The van der Waals surface area contributed by atoms with Crippen LogP contribution < -0.4 is 20.7 Å². The standard InChI is InChI=1S/C19H20ClN3O3.ClH/c1-11-3-5-12(6-4-11)23-8-7-16(19(23)25)22-18(24)13-9-14(20)15(21)10-17(13)26-2;/h3-6,9-10,16H,7-8,21H2,1-2H3,(H,22,24);1H. The molecule has 8 heteroatoms. The minimum atomic E-state index is -0.593. The number of hydrogen-bond donors (Lipinski definition) is 2. The van der Waals surface area contributed by atoms with E-state index in [4.69, 9.17) is 22.1 Å². The molecule has 1 fully saturated rings. The van der Waals surface area contributed by atoms with Gasteiger partial charge in [0.05, 0.1) is 23.4 Å². The lowest BCUT2D eigenvalue weighted by Gasteiger charge is -2.18. The molecule has 0 saturated carbocycles. The van der Waals surface area contributed by atoms with E-state index in [0.29, 0.717) is 24.4 Å². The van der Waals surface area contributed by atoms with Gasteiger partial charge < -0.3 is 20.7 Å². The highest BCUT2D eigenvalue weighted by molar-refractivity contribution is 6.33. The predicted octanol–water partition coefficient (Wildman–Crippen LogP) is 3.20. The molecule has 144 valence electrons. The Morgan fingerprint density at radius 2 is 1.96 bits per heavy atom. The largest absolute Gasteiger partial charge is 0.496 e. The number of carbonyl (C=O) groups is 2. The van der Waals surface area contributed by atoms with Gasteiger partial charge in [0.25, 0.3) is 5.91 Å². The molecule has 1 heterocycles. The van der Waals surface area contributed by atoms with E-state index in [0.717, 1.165) is 11.3 Å². The van der Waals surface area contributed by atoms with Gasteiger partial charge in [-0.25, -0.2) is 0 Å². The van der Waals surface area contributed by atoms with Crippen LogP contribution in [-0.2, 0) is 4.79 Å². The topological polar surface area (TPSA) is 84.7 Å². The first-order valence-electron chi connectivity index (χ1n) is 8.22. The third kappa shape index (κ3) is 4.28. The molecule has 0 bridgehead atoms. The van der Waals surface area contributed by atoms with Gasteiger partial charge in [0.2, 0.25) is 5.91 Å². The molecule has 1 atom stereocenters. The first-order valence-corrected chi connectivity index (χ1v) is 8.60. The summed E-state index contributed by atoms with van der Waals surface area (Å²) in [5.74, 6) is -0.249. The van der Waals surface area contributed by atoms with Crippen molar-refractivity contribution in [1.82, 2.24) is 5.32 Å². The highest BCUT2D eigenvalue weighted by atomic mass is 35.5. The van der Waals surface area contributed by atoms with Gasteiger partial charge in [-0.1, -0.05) is 29.3 Å². The van der Waals surface area contributed by atoms with Gasteiger partial charge in [-0.3, -0.25) is 9.59 Å². The summed E-state index contributed by atoms with van der Waals surface area (Å²) in [5.41, 5.74) is 8.25. The van der Waals surface area contributed by atoms with Gasteiger partial charge in [-0.05, 0) is 31.5 Å². The quantitative estimate of drug-likeness (QED) is 0.759. The third-order valence-electron chi connectivity index (χ3n) is 4.42. The number of aryl methyl sites for hydroxylation is 1. The van der Waals surface area contributed by atoms with Crippen molar-refractivity contribution in [2.24, 2.45) is 0 Å². The second kappa shape index (κ2) is 8.50. The van der Waals surface area contributed by atoms with Gasteiger partial charge in [0, 0.05) is 18.3 Å². The van der Waals surface area contributed by atoms with E-state index >= 15 is 0 Å². The maximum absolute atomic E-state index is 12.7. The molecular formula is C19H21Cl2N3O3. The Kier molecular flexibility index (Phi) is 6.57. The molecule has 0 aliphatic carbocycles. The zero-order valence-electron chi connectivity index (χ0n) is 15.0. The number of methoxy groups -OCH3 is 1. The van der Waals surface area contributed by atoms with Crippen molar-refractivity contribution in [3.8, 4) is 5.75 Å². The summed E-state index contributed by atoms with van der Waals surface area (Å²) in [6.45, 7) is 2.54. The summed E-state index contributed by atoms with van der Waals surface area (Å²) in [4.78, 5) is 27.0. The first-order chi connectivity index (χ1) is 12.4. The number of rotatable bonds is 4. The molecule has 6 nitrogen and oxygen atoms in total. The molecule has 3 rings (SSSR count). The van der Waals surface area contributed by atoms with Crippen LogP contribution >= 0.6 is 24.0 Å². The van der Waals surface area contributed by atoms with Crippen LogP contribution in [0.1, 0.15) is 22.3 Å². The monoisotopic (exact) mass is 409 g/mol. The lowest BCUT2D eigenvalue weighted by molar-refractivity contribution is -0.118. The van der Waals surface area contributed by atoms with Crippen molar-refractivity contribution in [3.05, 3.63) is 52.5 Å². The molecule has 1 aliphatic heterocycles. The number of nitrogen functional groups attached to an aromatic ring is 1. The Morgan fingerprint density at radius 3 is 2.59 bits per heavy atom. The predicted molar refractivity (Wildman–Crippen MR) is 109 cm³/mol. The molecule has 1 unspecified atom stereocenters. The fourth-order valence-electron chi connectivity index (χ4n) is 2.95. The Balaban J connectivity index is 0.00000261. The lowest BCUT2D eigenvalue weighted by Crippen LogP contribution is -2.41. The summed E-state index contributed by atoms with van der Waals surface area (Å²) in [6.07, 6.45) is 0.531. The highest BCUT2D eigenvalue weighted by Gasteiger charge is 2.34. The van der Waals surface area contributed by atoms with E-state index in [9.17, 15) is 9.59 Å². The summed E-state index contributed by atoms with van der Waals surface area (Å²) in [6, 6.07) is 10.1. The smallest absolute Gasteiger partial charge is 0.255 e. The fraction of sp³-hybridized carbons (Fsp3) is 0.263. The van der Waals surface area contributed by atoms with E-state index in [2.05, 4.69) is 5.32 Å². The number of anilines is 2. The number of nitrogens with two attached hydrogens (primary N) is 1. The van der Waals surface area contributed by atoms with Gasteiger partial charge in [0.15, 0.2) is 0 Å². The van der Waals surface area contributed by atoms with Gasteiger partial charge in [-0.2, -0.15) is 0 Å². The summed E-state index contributed by atoms with van der Waals surface area (Å²) in [7, 11) is 1.44. The zero-order valence-corrected chi connectivity index (χ0v) is 16.6. The Bertz CT molecular complexity index is 856. The van der Waals surface area contributed by atoms with Crippen LogP contribution in [-0.4, -0.2) is 31.5 Å². The molecule has 2 aromatic carbocycles. The molecule has 2 aromatic rings. The lowest BCUT2D eigenvalue weighted by atomic mass is 10.1. The number of amides is 2. The maximum Gasteiger partial charge on any atom is 0.255 e. The normalized spacial score (nSPS) is 16.0. The molecular weight excluding hydrogens is 389 g/mol. The van der Waals surface area contributed by atoms with Crippen LogP contribution in [0.5, 0.6) is 5.75 Å². The summed E-state index contributed by atoms with van der Waals surface area (Å²) >= 11 is 6.01. The Morgan fingerprint density at radius 1 is 1.30 bits per heavy atom. The number of halogens is 2. The third-order valence-corrected chi connectivity index (χ3v) is 4.75. The van der Waals surface area contributed by atoms with Crippen LogP contribution in [0.3, 0.4) is 0 Å².